The Kier molecular flexibility index (Phi) is 8.62. The van der Waals surface area contributed by atoms with E-state index in [-0.39, 0.29) is 31.6 Å². The second-order valence-electron chi connectivity index (χ2n) is 11.4. The van der Waals surface area contributed by atoms with Crippen molar-refractivity contribution < 1.29 is 27.1 Å². The molecule has 1 aromatic carbocycles. The molecule has 1 saturated heterocycles. The number of amides is 1. The second-order valence-corrected chi connectivity index (χ2v) is 18.5. The Morgan fingerprint density at radius 3 is 2.46 bits per heavy atom. The number of rotatable bonds is 8. The van der Waals surface area contributed by atoms with Gasteiger partial charge in [0.05, 0.1) is 37.4 Å². The average Bonchev–Trinajstić information content (AvgIpc) is 2.83. The van der Waals surface area contributed by atoms with Crippen LogP contribution in [0.15, 0.2) is 24.3 Å². The van der Waals surface area contributed by atoms with Crippen molar-refractivity contribution in [1.29, 1.82) is 0 Å². The minimum absolute atomic E-state index is 0.192. The van der Waals surface area contributed by atoms with Gasteiger partial charge in [-0.2, -0.15) is 0 Å². The van der Waals surface area contributed by atoms with Crippen LogP contribution >= 0.6 is 0 Å². The third-order valence-corrected chi connectivity index (χ3v) is 11.9. The molecule has 0 bridgehead atoms. The molecule has 2 heterocycles. The van der Waals surface area contributed by atoms with Gasteiger partial charge in [0, 0.05) is 43.6 Å². The van der Waals surface area contributed by atoms with Gasteiger partial charge >= 0.3 is 0 Å². The maximum Gasteiger partial charge on any atom is 0.258 e. The van der Waals surface area contributed by atoms with Crippen molar-refractivity contribution >= 4 is 41.2 Å². The zero-order valence-electron chi connectivity index (χ0n) is 22.6. The standard InChI is InChI=1S/C26H37F2N5O4SSi/c1-18-16-23(30-24(29-18)19-6-8-26(27,28)9-7-19)31-25(35)21-5-4-20(32-38(36,37)13-12-34)17-22(21)33-10-14-39(2,3)15-11-33/h4-5,16-17,19,32,34H,6-15H2,1-3H3,(H,29,30,31,35). The Bertz CT molecular complexity index is 1310. The Morgan fingerprint density at radius 2 is 1.82 bits per heavy atom. The lowest BCUT2D eigenvalue weighted by atomic mass is 9.86. The summed E-state index contributed by atoms with van der Waals surface area (Å²) in [5, 5.41) is 11.9. The van der Waals surface area contributed by atoms with Crippen LogP contribution in [0.1, 0.15) is 53.5 Å². The van der Waals surface area contributed by atoms with E-state index >= 15 is 0 Å². The molecule has 1 saturated carbocycles. The van der Waals surface area contributed by atoms with Crippen LogP contribution in [-0.4, -0.2) is 68.8 Å². The number of sulfonamides is 1. The predicted molar refractivity (Wildman–Crippen MR) is 151 cm³/mol. The number of aliphatic hydroxyl groups excluding tert-OH is 1. The third-order valence-electron chi connectivity index (χ3n) is 7.53. The molecule has 1 amide bonds. The Hall–Kier alpha value is -2.64. The summed E-state index contributed by atoms with van der Waals surface area (Å²) < 4.78 is 54.3. The fourth-order valence-corrected chi connectivity index (χ4v) is 7.90. The fraction of sp³-hybridized carbons (Fsp3) is 0.577. The summed E-state index contributed by atoms with van der Waals surface area (Å²) in [6, 6.07) is 8.49. The molecule has 3 N–H and O–H groups in total. The number of carbonyl (C=O) groups excluding carboxylic acids is 1. The number of halogens is 2. The van der Waals surface area contributed by atoms with Gasteiger partial charge in [0.25, 0.3) is 5.91 Å². The van der Waals surface area contributed by atoms with Crippen molar-refractivity contribution in [2.24, 2.45) is 0 Å². The summed E-state index contributed by atoms with van der Waals surface area (Å²) in [7, 11) is -5.05. The van der Waals surface area contributed by atoms with E-state index in [0.29, 0.717) is 34.3 Å². The van der Waals surface area contributed by atoms with Crippen molar-refractivity contribution in [3.8, 4) is 0 Å². The van der Waals surface area contributed by atoms with Crippen LogP contribution in [0.3, 0.4) is 0 Å². The highest BCUT2D eigenvalue weighted by Gasteiger charge is 2.36. The predicted octanol–water partition coefficient (Wildman–Crippen LogP) is 4.59. The molecular weight excluding hydrogens is 544 g/mol. The van der Waals surface area contributed by atoms with Gasteiger partial charge in [-0.25, -0.2) is 27.2 Å². The SMILES string of the molecule is Cc1cc(NC(=O)c2ccc(NS(=O)(=O)CCO)cc2N2CC[Si](C)(C)CC2)nc(C2CCC(F)(F)CC2)n1. The molecule has 1 aliphatic carbocycles. The Morgan fingerprint density at radius 1 is 1.15 bits per heavy atom. The number of benzene rings is 1. The van der Waals surface area contributed by atoms with E-state index in [1.54, 1.807) is 25.1 Å². The number of nitrogens with one attached hydrogen (secondary N) is 2. The molecule has 9 nitrogen and oxygen atoms in total. The highest BCUT2D eigenvalue weighted by molar-refractivity contribution is 7.92. The average molecular weight is 582 g/mol. The molecule has 13 heteroatoms. The number of anilines is 3. The molecule has 2 aromatic rings. The summed E-state index contributed by atoms with van der Waals surface area (Å²) in [6.45, 7) is 7.46. The van der Waals surface area contributed by atoms with E-state index in [1.807, 2.05) is 0 Å². The molecule has 1 aliphatic heterocycles. The number of aryl methyl sites for hydroxylation is 1. The van der Waals surface area contributed by atoms with Crippen molar-refractivity contribution in [3.63, 3.8) is 0 Å². The molecule has 0 atom stereocenters. The first-order valence-electron chi connectivity index (χ1n) is 13.3. The van der Waals surface area contributed by atoms with Crippen LogP contribution in [0.4, 0.5) is 26.0 Å². The van der Waals surface area contributed by atoms with Crippen molar-refractivity contribution in [2.75, 3.05) is 40.4 Å². The van der Waals surface area contributed by atoms with Gasteiger partial charge < -0.3 is 15.3 Å². The summed E-state index contributed by atoms with van der Waals surface area (Å²) in [6.07, 6.45) is 0.167. The number of nitrogens with zero attached hydrogens (tertiary/aromatic N) is 3. The maximum absolute atomic E-state index is 13.7. The number of alkyl halides is 2. The van der Waals surface area contributed by atoms with Gasteiger partial charge in [-0.05, 0) is 50.1 Å². The Balaban J connectivity index is 1.60. The number of hydrogen-bond acceptors (Lipinski definition) is 7. The third kappa shape index (κ3) is 7.73. The fourth-order valence-electron chi connectivity index (χ4n) is 5.07. The van der Waals surface area contributed by atoms with Crippen LogP contribution in [0.5, 0.6) is 0 Å². The molecule has 2 fully saturated rings. The van der Waals surface area contributed by atoms with Crippen LogP contribution in [0.25, 0.3) is 0 Å². The molecule has 214 valence electrons. The monoisotopic (exact) mass is 581 g/mol. The summed E-state index contributed by atoms with van der Waals surface area (Å²) >= 11 is 0. The maximum atomic E-state index is 13.7. The molecule has 0 spiro atoms. The van der Waals surface area contributed by atoms with Gasteiger partial charge in [0.2, 0.25) is 15.9 Å². The van der Waals surface area contributed by atoms with Gasteiger partial charge in [0.15, 0.2) is 0 Å². The van der Waals surface area contributed by atoms with E-state index < -0.39 is 42.3 Å². The minimum Gasteiger partial charge on any atom is -0.395 e. The van der Waals surface area contributed by atoms with Gasteiger partial charge in [-0.3, -0.25) is 9.52 Å². The zero-order valence-corrected chi connectivity index (χ0v) is 24.5. The quantitative estimate of drug-likeness (QED) is 0.390. The normalized spacial score (nSPS) is 19.5. The topological polar surface area (TPSA) is 125 Å². The molecule has 2 aliphatic rings. The lowest BCUT2D eigenvalue weighted by Gasteiger charge is -2.38. The second kappa shape index (κ2) is 11.5. The van der Waals surface area contributed by atoms with Crippen LogP contribution in [0.2, 0.25) is 25.2 Å². The van der Waals surface area contributed by atoms with Crippen molar-refractivity contribution in [3.05, 3.63) is 41.3 Å². The van der Waals surface area contributed by atoms with Crippen LogP contribution in [-0.2, 0) is 10.0 Å². The zero-order chi connectivity index (χ0) is 28.4. The summed E-state index contributed by atoms with van der Waals surface area (Å²) in [5.41, 5.74) is 1.93. The van der Waals surface area contributed by atoms with E-state index in [0.717, 1.165) is 25.2 Å². The highest BCUT2D eigenvalue weighted by atomic mass is 32.2. The van der Waals surface area contributed by atoms with Crippen LogP contribution in [0, 0.1) is 6.92 Å². The van der Waals surface area contributed by atoms with E-state index in [4.69, 9.17) is 5.11 Å². The molecule has 0 radical (unpaired) electrons. The first-order chi connectivity index (χ1) is 18.3. The van der Waals surface area contributed by atoms with E-state index in [2.05, 4.69) is 38.0 Å². The highest BCUT2D eigenvalue weighted by Crippen LogP contribution is 2.40. The minimum atomic E-state index is -3.74. The van der Waals surface area contributed by atoms with Crippen molar-refractivity contribution in [2.45, 2.75) is 69.6 Å². The molecule has 0 unspecified atom stereocenters. The van der Waals surface area contributed by atoms with E-state index in [1.165, 1.54) is 6.07 Å². The van der Waals surface area contributed by atoms with E-state index in [9.17, 15) is 22.0 Å². The molecule has 1 aromatic heterocycles. The molecular formula is C26H37F2N5O4SSi. The Labute approximate surface area is 229 Å². The first kappa shape index (κ1) is 29.3. The summed E-state index contributed by atoms with van der Waals surface area (Å²) in [5.74, 6) is -2.93. The number of aliphatic hydroxyl groups is 1. The number of hydrogen-bond donors (Lipinski definition) is 3. The van der Waals surface area contributed by atoms with Gasteiger partial charge in [-0.1, -0.05) is 13.1 Å². The van der Waals surface area contributed by atoms with Gasteiger partial charge in [-0.15, -0.1) is 0 Å². The largest absolute Gasteiger partial charge is 0.395 e. The number of carbonyl (C=O) groups is 1. The smallest absolute Gasteiger partial charge is 0.258 e. The van der Waals surface area contributed by atoms with Crippen molar-refractivity contribution in [1.82, 2.24) is 9.97 Å². The number of aromatic nitrogens is 2. The lowest BCUT2D eigenvalue weighted by molar-refractivity contribution is -0.0387. The van der Waals surface area contributed by atoms with Crippen LogP contribution < -0.4 is 14.9 Å². The van der Waals surface area contributed by atoms with Gasteiger partial charge in [0.1, 0.15) is 11.6 Å². The molecule has 39 heavy (non-hydrogen) atoms. The molecule has 4 rings (SSSR count). The first-order valence-corrected chi connectivity index (χ1v) is 18.4. The lowest BCUT2D eigenvalue weighted by Crippen LogP contribution is -2.43. The summed E-state index contributed by atoms with van der Waals surface area (Å²) in [4.78, 5) is 24.6.